The highest BCUT2D eigenvalue weighted by Crippen LogP contribution is 2.33. The summed E-state index contributed by atoms with van der Waals surface area (Å²) in [5.74, 6) is 0.345. The molecular formula is C20H22N4O4S2. The van der Waals surface area contributed by atoms with Crippen molar-refractivity contribution in [3.63, 3.8) is 0 Å². The number of aromatic nitrogens is 2. The van der Waals surface area contributed by atoms with Crippen molar-refractivity contribution in [2.75, 3.05) is 51.5 Å². The number of carbonyl (C=O) groups is 1. The molecule has 4 rings (SSSR count). The van der Waals surface area contributed by atoms with E-state index < -0.39 is 0 Å². The summed E-state index contributed by atoms with van der Waals surface area (Å²) in [4.78, 5) is 35.0. The molecule has 2 fully saturated rings. The van der Waals surface area contributed by atoms with E-state index in [1.807, 2.05) is 24.0 Å². The maximum atomic E-state index is 13.4. The molecule has 0 unspecified atom stereocenters. The van der Waals surface area contributed by atoms with Gasteiger partial charge in [-0.2, -0.15) is 0 Å². The first-order valence-electron chi connectivity index (χ1n) is 9.59. The first-order valence-corrected chi connectivity index (χ1v) is 10.8. The van der Waals surface area contributed by atoms with Crippen molar-refractivity contribution in [3.8, 4) is 0 Å². The van der Waals surface area contributed by atoms with Crippen LogP contribution in [0.25, 0.3) is 11.7 Å². The van der Waals surface area contributed by atoms with Gasteiger partial charge in [0.15, 0.2) is 0 Å². The number of nitrogens with zero attached hydrogens (tertiary/aromatic N) is 4. The molecule has 0 aliphatic carbocycles. The van der Waals surface area contributed by atoms with E-state index in [2.05, 4.69) is 0 Å². The Balaban J connectivity index is 1.83. The molecule has 0 saturated carbocycles. The molecule has 0 aromatic carbocycles. The molecule has 2 saturated heterocycles. The van der Waals surface area contributed by atoms with E-state index in [1.165, 1.54) is 21.1 Å². The number of amides is 1. The standard InChI is InChI=1S/C20H22N4O4S2/c1-13-3-4-16-21-17(22-5-9-28-10-6-22)14(18(25)24(16)12-13)11-15-19(26)23(7-8-27-2)20(29)30-15/h3-4,11-12H,5-10H2,1-2H3/b15-11-. The maximum absolute atomic E-state index is 13.4. The monoisotopic (exact) mass is 446 g/mol. The zero-order valence-electron chi connectivity index (χ0n) is 16.8. The van der Waals surface area contributed by atoms with E-state index in [4.69, 9.17) is 26.7 Å². The number of fused-ring (bicyclic) bond motifs is 1. The van der Waals surface area contributed by atoms with Gasteiger partial charge in [0.1, 0.15) is 15.8 Å². The van der Waals surface area contributed by atoms with Crippen LogP contribution in [-0.4, -0.2) is 71.1 Å². The second-order valence-electron chi connectivity index (χ2n) is 7.01. The number of morpholine rings is 1. The fraction of sp³-hybridized carbons (Fsp3) is 0.400. The van der Waals surface area contributed by atoms with Gasteiger partial charge in [0.25, 0.3) is 11.5 Å². The van der Waals surface area contributed by atoms with Gasteiger partial charge < -0.3 is 14.4 Å². The zero-order valence-corrected chi connectivity index (χ0v) is 18.4. The molecule has 10 heteroatoms. The number of thiocarbonyl (C=S) groups is 1. The fourth-order valence-corrected chi connectivity index (χ4v) is 4.69. The Morgan fingerprint density at radius 3 is 2.80 bits per heavy atom. The number of hydrogen-bond acceptors (Lipinski definition) is 8. The van der Waals surface area contributed by atoms with Crippen LogP contribution in [-0.2, 0) is 14.3 Å². The van der Waals surface area contributed by atoms with Crippen LogP contribution >= 0.6 is 24.0 Å². The Morgan fingerprint density at radius 2 is 2.07 bits per heavy atom. The van der Waals surface area contributed by atoms with Gasteiger partial charge in [-0.15, -0.1) is 0 Å². The van der Waals surface area contributed by atoms with Gasteiger partial charge in [-0.3, -0.25) is 18.9 Å². The lowest BCUT2D eigenvalue weighted by Gasteiger charge is -2.29. The summed E-state index contributed by atoms with van der Waals surface area (Å²) in [7, 11) is 1.58. The molecule has 2 aromatic rings. The first kappa shape index (κ1) is 21.0. The van der Waals surface area contributed by atoms with Crippen molar-refractivity contribution >= 4 is 51.7 Å². The molecule has 30 heavy (non-hydrogen) atoms. The predicted molar refractivity (Wildman–Crippen MR) is 121 cm³/mol. The van der Waals surface area contributed by atoms with E-state index in [9.17, 15) is 9.59 Å². The Bertz CT molecular complexity index is 1090. The van der Waals surface area contributed by atoms with Crippen molar-refractivity contribution in [3.05, 3.63) is 44.7 Å². The Morgan fingerprint density at radius 1 is 1.30 bits per heavy atom. The van der Waals surface area contributed by atoms with Crippen molar-refractivity contribution in [1.82, 2.24) is 14.3 Å². The maximum Gasteiger partial charge on any atom is 0.267 e. The molecular weight excluding hydrogens is 424 g/mol. The van der Waals surface area contributed by atoms with E-state index in [1.54, 1.807) is 19.4 Å². The molecule has 0 N–H and O–H groups in total. The molecule has 2 aliphatic rings. The highest BCUT2D eigenvalue weighted by molar-refractivity contribution is 8.26. The molecule has 0 spiro atoms. The Kier molecular flexibility index (Phi) is 6.19. The minimum Gasteiger partial charge on any atom is -0.383 e. The molecule has 2 aliphatic heterocycles. The lowest BCUT2D eigenvalue weighted by atomic mass is 10.2. The van der Waals surface area contributed by atoms with Gasteiger partial charge >= 0.3 is 0 Å². The van der Waals surface area contributed by atoms with E-state index in [0.29, 0.717) is 65.7 Å². The van der Waals surface area contributed by atoms with Crippen LogP contribution in [0.4, 0.5) is 5.82 Å². The molecule has 1 amide bonds. The van der Waals surface area contributed by atoms with Crippen LogP contribution in [0.2, 0.25) is 0 Å². The fourth-order valence-electron chi connectivity index (χ4n) is 3.40. The summed E-state index contributed by atoms with van der Waals surface area (Å²) >= 11 is 6.55. The lowest BCUT2D eigenvalue weighted by molar-refractivity contribution is -0.122. The van der Waals surface area contributed by atoms with Crippen LogP contribution in [0.15, 0.2) is 28.0 Å². The Labute approximate surface area is 183 Å². The quantitative estimate of drug-likeness (QED) is 0.507. The number of methoxy groups -OCH3 is 1. The van der Waals surface area contributed by atoms with Crippen LogP contribution in [0.5, 0.6) is 0 Å². The lowest BCUT2D eigenvalue weighted by Crippen LogP contribution is -2.38. The normalized spacial score (nSPS) is 18.8. The highest BCUT2D eigenvalue weighted by Gasteiger charge is 2.32. The second kappa shape index (κ2) is 8.84. The SMILES string of the molecule is COCCN1C(=O)/C(=C/c2c(N3CCOCC3)nc3ccc(C)cn3c2=O)SC1=S. The number of hydrogen-bond donors (Lipinski definition) is 0. The molecule has 0 bridgehead atoms. The molecule has 2 aromatic heterocycles. The third-order valence-electron chi connectivity index (χ3n) is 4.96. The van der Waals surface area contributed by atoms with Crippen molar-refractivity contribution < 1.29 is 14.3 Å². The van der Waals surface area contributed by atoms with Gasteiger partial charge in [-0.1, -0.05) is 30.0 Å². The number of ether oxygens (including phenoxy) is 2. The summed E-state index contributed by atoms with van der Waals surface area (Å²) in [5.41, 5.74) is 1.68. The van der Waals surface area contributed by atoms with Crippen LogP contribution in [0.3, 0.4) is 0 Å². The Hall–Kier alpha value is -2.27. The number of rotatable bonds is 5. The van der Waals surface area contributed by atoms with Gasteiger partial charge in [-0.25, -0.2) is 4.98 Å². The number of aryl methyl sites for hydroxylation is 1. The van der Waals surface area contributed by atoms with Gasteiger partial charge in [0, 0.05) is 26.4 Å². The summed E-state index contributed by atoms with van der Waals surface area (Å²) in [6, 6.07) is 3.75. The van der Waals surface area contributed by atoms with Gasteiger partial charge in [0.05, 0.1) is 36.8 Å². The minimum absolute atomic E-state index is 0.215. The number of thioether (sulfide) groups is 1. The van der Waals surface area contributed by atoms with Crippen LogP contribution in [0, 0.1) is 6.92 Å². The number of anilines is 1. The topological polar surface area (TPSA) is 76.4 Å². The predicted octanol–water partition coefficient (Wildman–Crippen LogP) is 1.69. The average molecular weight is 447 g/mol. The molecule has 0 atom stereocenters. The summed E-state index contributed by atoms with van der Waals surface area (Å²) in [6.45, 7) is 5.07. The third kappa shape index (κ3) is 4.00. The van der Waals surface area contributed by atoms with E-state index in [0.717, 1.165) is 5.56 Å². The first-order chi connectivity index (χ1) is 14.5. The molecule has 158 valence electrons. The summed E-state index contributed by atoms with van der Waals surface area (Å²) < 4.78 is 12.5. The highest BCUT2D eigenvalue weighted by atomic mass is 32.2. The summed E-state index contributed by atoms with van der Waals surface area (Å²) in [5, 5.41) is 0. The van der Waals surface area contributed by atoms with Crippen molar-refractivity contribution in [2.24, 2.45) is 0 Å². The van der Waals surface area contributed by atoms with Crippen molar-refractivity contribution in [2.45, 2.75) is 6.92 Å². The van der Waals surface area contributed by atoms with Gasteiger partial charge in [-0.05, 0) is 24.6 Å². The van der Waals surface area contributed by atoms with E-state index >= 15 is 0 Å². The molecule has 4 heterocycles. The minimum atomic E-state index is -0.219. The molecule has 8 nitrogen and oxygen atoms in total. The van der Waals surface area contributed by atoms with Gasteiger partial charge in [0.2, 0.25) is 0 Å². The van der Waals surface area contributed by atoms with E-state index in [-0.39, 0.29) is 11.5 Å². The summed E-state index contributed by atoms with van der Waals surface area (Å²) in [6.07, 6.45) is 3.38. The third-order valence-corrected chi connectivity index (χ3v) is 6.34. The van der Waals surface area contributed by atoms with Crippen LogP contribution in [0.1, 0.15) is 11.1 Å². The molecule has 0 radical (unpaired) electrons. The number of carbonyl (C=O) groups excluding carboxylic acids is 1. The van der Waals surface area contributed by atoms with Crippen LogP contribution < -0.4 is 10.5 Å². The largest absolute Gasteiger partial charge is 0.383 e. The number of pyridine rings is 1. The van der Waals surface area contributed by atoms with Crippen molar-refractivity contribution in [1.29, 1.82) is 0 Å². The average Bonchev–Trinajstić information content (AvgIpc) is 3.02. The zero-order chi connectivity index (χ0) is 21.3. The second-order valence-corrected chi connectivity index (χ2v) is 8.69. The smallest absolute Gasteiger partial charge is 0.267 e.